The molecule has 4 heteroatoms. The molecule has 0 aromatic rings. The molecule has 0 bridgehead atoms. The standard InChI is InChI=1S/C10H14FNO2/c1-7-3-4-12-6-8(11)5-10(7,12)9(13)14-2/h8H,1,3-6H2,2H3. The molecule has 0 spiro atoms. The number of hydrogen-bond donors (Lipinski definition) is 0. The van der Waals surface area contributed by atoms with Crippen molar-refractivity contribution in [3.8, 4) is 0 Å². The lowest BCUT2D eigenvalue weighted by molar-refractivity contribution is -0.149. The maximum absolute atomic E-state index is 13.3. The summed E-state index contributed by atoms with van der Waals surface area (Å²) in [5, 5.41) is 0. The first-order valence-electron chi connectivity index (χ1n) is 4.77. The van der Waals surface area contributed by atoms with Crippen LogP contribution in [0.25, 0.3) is 0 Å². The maximum atomic E-state index is 13.3. The quantitative estimate of drug-likeness (QED) is 0.464. The zero-order chi connectivity index (χ0) is 10.3. The number of rotatable bonds is 1. The fourth-order valence-corrected chi connectivity index (χ4v) is 2.56. The number of hydrogen-bond acceptors (Lipinski definition) is 3. The summed E-state index contributed by atoms with van der Waals surface area (Å²) in [5.74, 6) is -0.361. The van der Waals surface area contributed by atoms with Gasteiger partial charge in [-0.05, 0) is 12.0 Å². The number of alkyl halides is 1. The van der Waals surface area contributed by atoms with Crippen LogP contribution in [0.1, 0.15) is 12.8 Å². The highest BCUT2D eigenvalue weighted by Gasteiger charge is 2.57. The highest BCUT2D eigenvalue weighted by Crippen LogP contribution is 2.43. The summed E-state index contributed by atoms with van der Waals surface area (Å²) in [5.41, 5.74) is -0.0572. The Hall–Kier alpha value is -0.900. The number of methoxy groups -OCH3 is 1. The molecule has 2 fully saturated rings. The summed E-state index contributed by atoms with van der Waals surface area (Å²) in [6, 6.07) is 0. The highest BCUT2D eigenvalue weighted by molar-refractivity contribution is 5.86. The van der Waals surface area contributed by atoms with Crippen LogP contribution in [-0.4, -0.2) is 42.8 Å². The summed E-state index contributed by atoms with van der Waals surface area (Å²) in [7, 11) is 1.34. The van der Waals surface area contributed by atoms with Gasteiger partial charge < -0.3 is 4.74 Å². The molecule has 0 amide bonds. The van der Waals surface area contributed by atoms with Gasteiger partial charge in [0.05, 0.1) is 7.11 Å². The molecule has 2 rings (SSSR count). The van der Waals surface area contributed by atoms with Gasteiger partial charge in [0.15, 0.2) is 0 Å². The Morgan fingerprint density at radius 3 is 3.14 bits per heavy atom. The highest BCUT2D eigenvalue weighted by atomic mass is 19.1. The predicted octanol–water partition coefficient (Wildman–Crippen LogP) is 0.902. The van der Waals surface area contributed by atoms with Crippen molar-refractivity contribution in [3.05, 3.63) is 12.2 Å². The predicted molar refractivity (Wildman–Crippen MR) is 49.6 cm³/mol. The molecule has 0 radical (unpaired) electrons. The summed E-state index contributed by atoms with van der Waals surface area (Å²) in [6.45, 7) is 4.91. The molecular weight excluding hydrogens is 185 g/mol. The number of ether oxygens (including phenoxy) is 1. The van der Waals surface area contributed by atoms with Gasteiger partial charge in [-0.3, -0.25) is 4.90 Å². The van der Waals surface area contributed by atoms with Gasteiger partial charge >= 0.3 is 5.97 Å². The molecule has 14 heavy (non-hydrogen) atoms. The Morgan fingerprint density at radius 2 is 2.50 bits per heavy atom. The normalized spacial score (nSPS) is 37.3. The van der Waals surface area contributed by atoms with Gasteiger partial charge in [0.25, 0.3) is 0 Å². The monoisotopic (exact) mass is 199 g/mol. The fourth-order valence-electron chi connectivity index (χ4n) is 2.56. The molecule has 0 N–H and O–H groups in total. The van der Waals surface area contributed by atoms with Crippen molar-refractivity contribution in [2.24, 2.45) is 0 Å². The Morgan fingerprint density at radius 1 is 1.79 bits per heavy atom. The van der Waals surface area contributed by atoms with E-state index in [1.54, 1.807) is 0 Å². The number of carbonyl (C=O) groups excluding carboxylic acids is 1. The number of esters is 1. The van der Waals surface area contributed by atoms with Gasteiger partial charge in [0.2, 0.25) is 0 Å². The van der Waals surface area contributed by atoms with Crippen molar-refractivity contribution in [3.63, 3.8) is 0 Å². The topological polar surface area (TPSA) is 29.5 Å². The molecule has 2 aliphatic rings. The van der Waals surface area contributed by atoms with E-state index in [4.69, 9.17) is 4.74 Å². The van der Waals surface area contributed by atoms with Crippen LogP contribution in [0.15, 0.2) is 12.2 Å². The van der Waals surface area contributed by atoms with E-state index in [9.17, 15) is 9.18 Å². The van der Waals surface area contributed by atoms with E-state index in [2.05, 4.69) is 6.58 Å². The second-order valence-corrected chi connectivity index (χ2v) is 3.95. The molecule has 2 aliphatic heterocycles. The van der Waals surface area contributed by atoms with Gasteiger partial charge in [-0.25, -0.2) is 9.18 Å². The van der Waals surface area contributed by atoms with Crippen LogP contribution in [0.4, 0.5) is 4.39 Å². The molecule has 0 saturated carbocycles. The van der Waals surface area contributed by atoms with E-state index in [0.29, 0.717) is 13.1 Å². The third-order valence-corrected chi connectivity index (χ3v) is 3.27. The third kappa shape index (κ3) is 1.03. The van der Waals surface area contributed by atoms with Crippen LogP contribution in [0.2, 0.25) is 0 Å². The summed E-state index contributed by atoms with van der Waals surface area (Å²) in [6.07, 6.45) is 0.0338. The number of fused-ring (bicyclic) bond motifs is 1. The van der Waals surface area contributed by atoms with E-state index >= 15 is 0 Å². The average Bonchev–Trinajstić information content (AvgIpc) is 2.63. The number of halogens is 1. The molecule has 2 unspecified atom stereocenters. The lowest BCUT2D eigenvalue weighted by atomic mass is 9.89. The van der Waals surface area contributed by atoms with E-state index in [1.807, 2.05) is 4.90 Å². The minimum absolute atomic E-state index is 0.207. The van der Waals surface area contributed by atoms with Gasteiger partial charge in [-0.15, -0.1) is 0 Å². The van der Waals surface area contributed by atoms with Gasteiger partial charge in [0.1, 0.15) is 11.7 Å². The van der Waals surface area contributed by atoms with Crippen LogP contribution in [0.5, 0.6) is 0 Å². The second-order valence-electron chi connectivity index (χ2n) is 3.95. The van der Waals surface area contributed by atoms with Crippen molar-refractivity contribution >= 4 is 5.97 Å². The van der Waals surface area contributed by atoms with Crippen molar-refractivity contribution in [1.82, 2.24) is 4.90 Å². The second kappa shape index (κ2) is 3.05. The van der Waals surface area contributed by atoms with E-state index < -0.39 is 11.7 Å². The van der Waals surface area contributed by atoms with Crippen LogP contribution in [0, 0.1) is 0 Å². The molecular formula is C10H14FNO2. The van der Waals surface area contributed by atoms with Crippen LogP contribution >= 0.6 is 0 Å². The van der Waals surface area contributed by atoms with E-state index in [-0.39, 0.29) is 12.4 Å². The lowest BCUT2D eigenvalue weighted by Crippen LogP contribution is -2.47. The number of nitrogens with zero attached hydrogens (tertiary/aromatic N) is 1. The Labute approximate surface area is 82.5 Å². The minimum Gasteiger partial charge on any atom is -0.467 e. The molecule has 0 aromatic carbocycles. The largest absolute Gasteiger partial charge is 0.467 e. The van der Waals surface area contributed by atoms with Gasteiger partial charge in [-0.2, -0.15) is 0 Å². The zero-order valence-corrected chi connectivity index (χ0v) is 8.25. The fraction of sp³-hybridized carbons (Fsp3) is 0.700. The summed E-state index contributed by atoms with van der Waals surface area (Å²) >= 11 is 0. The molecule has 2 atom stereocenters. The van der Waals surface area contributed by atoms with Crippen molar-refractivity contribution < 1.29 is 13.9 Å². The van der Waals surface area contributed by atoms with Crippen molar-refractivity contribution in [2.75, 3.05) is 20.2 Å². The van der Waals surface area contributed by atoms with Crippen LogP contribution < -0.4 is 0 Å². The molecule has 0 aliphatic carbocycles. The summed E-state index contributed by atoms with van der Waals surface area (Å²) in [4.78, 5) is 13.5. The lowest BCUT2D eigenvalue weighted by Gasteiger charge is -2.29. The van der Waals surface area contributed by atoms with E-state index in [0.717, 1.165) is 12.0 Å². The van der Waals surface area contributed by atoms with E-state index in [1.165, 1.54) is 7.11 Å². The minimum atomic E-state index is -0.939. The molecule has 0 aromatic heterocycles. The van der Waals surface area contributed by atoms with Crippen LogP contribution in [-0.2, 0) is 9.53 Å². The van der Waals surface area contributed by atoms with Gasteiger partial charge in [-0.1, -0.05) is 6.58 Å². The first-order valence-corrected chi connectivity index (χ1v) is 4.77. The van der Waals surface area contributed by atoms with Crippen molar-refractivity contribution in [1.29, 1.82) is 0 Å². The Balaban J connectivity index is 2.35. The average molecular weight is 199 g/mol. The SMILES string of the molecule is C=C1CCN2CC(F)CC12C(=O)OC. The first-order chi connectivity index (χ1) is 6.61. The number of carbonyl (C=O) groups is 1. The molecule has 78 valence electrons. The Bertz CT molecular complexity index is 292. The molecule has 2 saturated heterocycles. The van der Waals surface area contributed by atoms with Crippen molar-refractivity contribution in [2.45, 2.75) is 24.6 Å². The third-order valence-electron chi connectivity index (χ3n) is 3.27. The maximum Gasteiger partial charge on any atom is 0.330 e. The Kier molecular flexibility index (Phi) is 2.10. The molecule has 3 nitrogen and oxygen atoms in total. The van der Waals surface area contributed by atoms with Crippen LogP contribution in [0.3, 0.4) is 0 Å². The first kappa shape index (κ1) is 9.65. The molecule has 2 heterocycles. The zero-order valence-electron chi connectivity index (χ0n) is 8.25. The summed E-state index contributed by atoms with van der Waals surface area (Å²) < 4.78 is 18.0. The van der Waals surface area contributed by atoms with Gasteiger partial charge in [0, 0.05) is 19.5 Å². The smallest absolute Gasteiger partial charge is 0.330 e.